The molecular formula is C52H74N4O5Si. The molecular weight excluding hydrogens is 789 g/mol. The van der Waals surface area contributed by atoms with Gasteiger partial charge in [0.15, 0.2) is 8.32 Å². The van der Waals surface area contributed by atoms with Gasteiger partial charge in [0.05, 0.1) is 11.1 Å². The molecule has 9 nitrogen and oxygen atoms in total. The molecule has 62 heavy (non-hydrogen) atoms. The van der Waals surface area contributed by atoms with Crippen molar-refractivity contribution < 1.29 is 23.5 Å². The van der Waals surface area contributed by atoms with E-state index in [-0.39, 0.29) is 34.8 Å². The van der Waals surface area contributed by atoms with Crippen molar-refractivity contribution in [2.75, 3.05) is 31.5 Å². The first-order valence-corrected chi connectivity index (χ1v) is 26.5. The van der Waals surface area contributed by atoms with Crippen LogP contribution in [0.25, 0.3) is 11.6 Å². The Bertz CT molecular complexity index is 2080. The fraction of sp³-hybridized carbons (Fsp3) is 0.558. The number of fused-ring (bicyclic) bond motifs is 3. The van der Waals surface area contributed by atoms with Crippen LogP contribution in [0.3, 0.4) is 0 Å². The van der Waals surface area contributed by atoms with Crippen LogP contribution in [-0.4, -0.2) is 68.3 Å². The maximum atomic E-state index is 14.4. The number of aryl methyl sites for hydroxylation is 2. The van der Waals surface area contributed by atoms with E-state index in [0.29, 0.717) is 71.7 Å². The number of benzene rings is 2. The highest BCUT2D eigenvalue weighted by molar-refractivity contribution is 6.74. The number of aromatic nitrogens is 1. The quantitative estimate of drug-likeness (QED) is 0.0644. The van der Waals surface area contributed by atoms with Gasteiger partial charge in [0, 0.05) is 48.3 Å². The monoisotopic (exact) mass is 863 g/mol. The summed E-state index contributed by atoms with van der Waals surface area (Å²) in [5.41, 5.74) is 6.38. The number of rotatable bonds is 14. The predicted octanol–water partition coefficient (Wildman–Crippen LogP) is 11.2. The molecule has 3 aliphatic rings. The summed E-state index contributed by atoms with van der Waals surface area (Å²) in [4.78, 5) is 47.0. The molecule has 3 N–H and O–H groups in total. The summed E-state index contributed by atoms with van der Waals surface area (Å²) >= 11 is 0. The third-order valence-corrected chi connectivity index (χ3v) is 18.9. The number of amides is 2. The molecule has 5 atom stereocenters. The van der Waals surface area contributed by atoms with Crippen molar-refractivity contribution in [3.63, 3.8) is 0 Å². The van der Waals surface area contributed by atoms with E-state index < -0.39 is 8.32 Å². The maximum absolute atomic E-state index is 14.4. The minimum absolute atomic E-state index is 0.0599. The number of carbonyl (C=O) groups is 3. The fourth-order valence-electron chi connectivity index (χ4n) is 9.64. The van der Waals surface area contributed by atoms with Crippen molar-refractivity contribution in [2.24, 2.45) is 23.7 Å². The highest BCUT2D eigenvalue weighted by atomic mass is 28.4. The van der Waals surface area contributed by atoms with Gasteiger partial charge in [0.25, 0.3) is 11.8 Å². The smallest absolute Gasteiger partial charge is 0.311 e. The van der Waals surface area contributed by atoms with E-state index in [4.69, 9.17) is 9.16 Å². The molecule has 1 saturated carbocycles. The van der Waals surface area contributed by atoms with Gasteiger partial charge in [0.1, 0.15) is 5.75 Å². The zero-order valence-corrected chi connectivity index (χ0v) is 40.1. The first kappa shape index (κ1) is 47.2. The Morgan fingerprint density at radius 3 is 2.53 bits per heavy atom. The highest BCUT2D eigenvalue weighted by Gasteiger charge is 2.48. The maximum Gasteiger partial charge on any atom is 0.311 e. The molecule has 10 heteroatoms. The number of anilines is 1. The number of hydrogen-bond acceptors (Lipinski definition) is 6. The average Bonchev–Trinajstić information content (AvgIpc) is 3.83. The lowest BCUT2D eigenvalue weighted by atomic mass is 9.79. The molecule has 0 spiro atoms. The Hall–Kier alpha value is -4.25. The Morgan fingerprint density at radius 1 is 1.05 bits per heavy atom. The number of hydrogen-bond donors (Lipinski definition) is 3. The van der Waals surface area contributed by atoms with Crippen molar-refractivity contribution in [2.45, 2.75) is 137 Å². The summed E-state index contributed by atoms with van der Waals surface area (Å²) in [7, 11) is -2.16. The number of nitrogens with one attached hydrogen (secondary N) is 3. The van der Waals surface area contributed by atoms with Gasteiger partial charge in [-0.15, -0.1) is 0 Å². The molecule has 0 radical (unpaired) electrons. The van der Waals surface area contributed by atoms with Crippen molar-refractivity contribution in [1.29, 1.82) is 0 Å². The van der Waals surface area contributed by atoms with Gasteiger partial charge < -0.3 is 29.7 Å². The molecule has 2 bridgehead atoms. The highest BCUT2D eigenvalue weighted by Crippen LogP contribution is 2.50. The Balaban J connectivity index is 1.41. The molecule has 3 aromatic rings. The summed E-state index contributed by atoms with van der Waals surface area (Å²) in [5, 5.41) is 6.34. The van der Waals surface area contributed by atoms with Crippen LogP contribution in [0.5, 0.6) is 5.75 Å². The number of H-pyrrole nitrogens is 1. The van der Waals surface area contributed by atoms with Gasteiger partial charge >= 0.3 is 5.97 Å². The predicted molar refractivity (Wildman–Crippen MR) is 256 cm³/mol. The number of esters is 1. The second kappa shape index (κ2) is 21.0. The van der Waals surface area contributed by atoms with Gasteiger partial charge in [-0.3, -0.25) is 14.4 Å². The number of allylic oxidation sites excluding steroid dienone is 2. The van der Waals surface area contributed by atoms with Crippen LogP contribution in [0.4, 0.5) is 5.69 Å². The number of likely N-dealkylation sites (N-methyl/N-ethyl adjacent to an activating group) is 1. The molecule has 2 aromatic carbocycles. The summed E-state index contributed by atoms with van der Waals surface area (Å²) in [6.07, 6.45) is 15.3. The summed E-state index contributed by atoms with van der Waals surface area (Å²) < 4.78 is 13.3. The molecule has 1 unspecified atom stereocenters. The molecule has 3 heterocycles. The van der Waals surface area contributed by atoms with E-state index in [0.717, 1.165) is 81.5 Å². The number of aromatic amines is 1. The molecule has 2 aliphatic heterocycles. The Labute approximate surface area is 373 Å². The summed E-state index contributed by atoms with van der Waals surface area (Å²) in [6, 6.07) is 16.1. The Morgan fingerprint density at radius 2 is 1.81 bits per heavy atom. The first-order chi connectivity index (χ1) is 29.6. The second-order valence-electron chi connectivity index (χ2n) is 19.7. The fourth-order valence-corrected chi connectivity index (χ4v) is 11.0. The first-order valence-electron chi connectivity index (χ1n) is 23.5. The molecule has 1 aliphatic carbocycles. The second-order valence-corrected chi connectivity index (χ2v) is 24.5. The van der Waals surface area contributed by atoms with E-state index in [9.17, 15) is 14.4 Å². The van der Waals surface area contributed by atoms with Crippen LogP contribution in [-0.2, 0) is 26.9 Å². The molecule has 6 rings (SSSR count). The van der Waals surface area contributed by atoms with Gasteiger partial charge in [-0.2, -0.15) is 0 Å². The van der Waals surface area contributed by atoms with Gasteiger partial charge in [-0.25, -0.2) is 0 Å². The third kappa shape index (κ3) is 11.7. The lowest BCUT2D eigenvalue weighted by Gasteiger charge is -2.40. The lowest BCUT2D eigenvalue weighted by Crippen LogP contribution is -2.45. The largest absolute Gasteiger partial charge is 0.427 e. The summed E-state index contributed by atoms with van der Waals surface area (Å²) in [6.45, 7) is 23.6. The van der Waals surface area contributed by atoms with E-state index in [1.165, 1.54) is 5.56 Å². The Kier molecular flexibility index (Phi) is 16.0. The normalized spacial score (nSPS) is 22.7. The zero-order chi connectivity index (χ0) is 44.6. The molecule has 336 valence electrons. The minimum atomic E-state index is -2.16. The number of nitrogens with zero attached hydrogens (tertiary/aromatic N) is 1. The number of carbonyl (C=O) groups excluding carboxylic acids is 3. The SMILES string of the molecule is CCN(CC)CCNC(=O)c1c(C)[nH]c2c1C[C@H]1C[C@@H](O[Si](C)(C)C(C)(C)C)[C@H](CC[C@H](C)CCc3ccccc3)C1C/C=C\CCCC(=O)Oc1ccc3c(c1)/C(=C/2)C(=O)N3. The average molecular weight is 863 g/mol. The van der Waals surface area contributed by atoms with Crippen LogP contribution in [0.2, 0.25) is 18.1 Å². The van der Waals surface area contributed by atoms with Crippen molar-refractivity contribution in [3.05, 3.63) is 94.3 Å². The van der Waals surface area contributed by atoms with Crippen molar-refractivity contribution >= 4 is 43.4 Å². The summed E-state index contributed by atoms with van der Waals surface area (Å²) in [5.74, 6) is 1.26. The number of ether oxygens (including phenoxy) is 1. The third-order valence-electron chi connectivity index (χ3n) is 14.4. The van der Waals surface area contributed by atoms with Gasteiger partial charge in [-0.1, -0.05) is 90.4 Å². The van der Waals surface area contributed by atoms with Crippen LogP contribution in [0, 0.1) is 30.6 Å². The van der Waals surface area contributed by atoms with Crippen LogP contribution in [0.1, 0.15) is 131 Å². The van der Waals surface area contributed by atoms with E-state index in [1.54, 1.807) is 18.2 Å². The standard InChI is InChI=1S/C52H74N4O5Si/c1-10-56(11-2)30-29-53-51(59)49-36(4)54-46-34-43-42-33-39(26-28-45(42)55-50(43)58)60-48(57)22-18-13-12-17-21-40-38(31-44(46)49)32-47(61-62(8,9)52(5,6)7)41(40)27-24-35(3)23-25-37-19-15-14-16-20-37/h12,14-17,19-20,26,28,33-35,38,40-41,47,54H,10-11,13,18,21-25,27,29-32H2,1-9H3,(H,53,59)(H,55,58)/b17-12-,43-34-/t35-,38+,40?,41-,47-/m1/s1. The molecule has 1 aromatic heterocycles. The van der Waals surface area contributed by atoms with Gasteiger partial charge in [-0.05, 0) is 149 Å². The zero-order valence-electron chi connectivity index (χ0n) is 39.1. The van der Waals surface area contributed by atoms with Crippen LogP contribution >= 0.6 is 0 Å². The molecule has 2 amide bonds. The van der Waals surface area contributed by atoms with Crippen LogP contribution < -0.4 is 15.4 Å². The van der Waals surface area contributed by atoms with E-state index in [1.807, 2.05) is 13.0 Å². The van der Waals surface area contributed by atoms with Crippen LogP contribution in [0.15, 0.2) is 60.7 Å². The molecule has 1 fully saturated rings. The molecule has 0 saturated heterocycles. The van der Waals surface area contributed by atoms with Crippen molar-refractivity contribution in [3.8, 4) is 5.75 Å². The minimum Gasteiger partial charge on any atom is -0.427 e. The lowest BCUT2D eigenvalue weighted by molar-refractivity contribution is -0.134. The van der Waals surface area contributed by atoms with E-state index >= 15 is 0 Å². The van der Waals surface area contributed by atoms with E-state index in [2.05, 4.69) is 118 Å². The van der Waals surface area contributed by atoms with Crippen molar-refractivity contribution in [1.82, 2.24) is 15.2 Å². The van der Waals surface area contributed by atoms with Gasteiger partial charge in [0.2, 0.25) is 0 Å². The topological polar surface area (TPSA) is 113 Å².